The second kappa shape index (κ2) is 9.13. The summed E-state index contributed by atoms with van der Waals surface area (Å²) in [5.74, 6) is 0.574. The number of carbonyl (C=O) groups is 1. The molecule has 0 saturated carbocycles. The molecule has 4 rings (SSSR count). The average Bonchev–Trinajstić information content (AvgIpc) is 3.23. The van der Waals surface area contributed by atoms with E-state index in [9.17, 15) is 4.79 Å². The minimum absolute atomic E-state index is 0.0326. The van der Waals surface area contributed by atoms with Crippen LogP contribution in [0.1, 0.15) is 35.2 Å². The van der Waals surface area contributed by atoms with Crippen molar-refractivity contribution in [2.75, 3.05) is 4.90 Å². The fraction of sp³-hybridized carbons (Fsp3) is 0.167. The Balaban J connectivity index is 1.65. The monoisotopic (exact) mass is 398 g/mol. The molecule has 0 fully saturated rings. The number of hydrogen-bond donors (Lipinski definition) is 0. The molecule has 4 aromatic rings. The fourth-order valence-electron chi connectivity index (χ4n) is 3.38. The number of para-hydroxylation sites is 1. The summed E-state index contributed by atoms with van der Waals surface area (Å²) in [5.41, 5.74) is 2.75. The summed E-state index contributed by atoms with van der Waals surface area (Å²) in [4.78, 5) is 19.5. The topological polar surface area (TPSA) is 72.1 Å². The van der Waals surface area contributed by atoms with Crippen molar-refractivity contribution in [3.8, 4) is 0 Å². The Morgan fingerprint density at radius 3 is 2.33 bits per heavy atom. The Morgan fingerprint density at radius 1 is 0.967 bits per heavy atom. The van der Waals surface area contributed by atoms with Crippen molar-refractivity contribution in [2.45, 2.75) is 25.8 Å². The van der Waals surface area contributed by atoms with E-state index >= 15 is 0 Å². The van der Waals surface area contributed by atoms with E-state index in [2.05, 4.69) is 15.2 Å². The van der Waals surface area contributed by atoms with Crippen molar-refractivity contribution in [3.05, 3.63) is 108 Å². The zero-order valence-corrected chi connectivity index (χ0v) is 16.7. The molecule has 0 spiro atoms. The summed E-state index contributed by atoms with van der Waals surface area (Å²) in [6.07, 6.45) is 3.71. The minimum Gasteiger partial charge on any atom is -0.425 e. The second-order valence-electron chi connectivity index (χ2n) is 7.00. The van der Waals surface area contributed by atoms with Crippen molar-refractivity contribution in [1.82, 2.24) is 15.2 Å². The standard InChI is InChI=1S/C24H22N4O2/c1-18-26-27-24(30-18)22(20-10-4-2-5-11-20)15-23(29)28(21-12-6-3-7-13-21)17-19-9-8-14-25-16-19/h2-14,16,22H,15,17H2,1H3. The Kier molecular flexibility index (Phi) is 5.94. The van der Waals surface area contributed by atoms with Crippen LogP contribution in [0.5, 0.6) is 0 Å². The number of benzene rings is 2. The molecule has 0 saturated heterocycles. The predicted molar refractivity (Wildman–Crippen MR) is 114 cm³/mol. The molecule has 0 N–H and O–H groups in total. The summed E-state index contributed by atoms with van der Waals surface area (Å²) in [5, 5.41) is 8.16. The van der Waals surface area contributed by atoms with Gasteiger partial charge < -0.3 is 9.32 Å². The Bertz CT molecular complexity index is 1080. The number of nitrogens with zero attached hydrogens (tertiary/aromatic N) is 4. The van der Waals surface area contributed by atoms with Gasteiger partial charge in [-0.2, -0.15) is 0 Å². The first kappa shape index (κ1) is 19.5. The highest BCUT2D eigenvalue weighted by atomic mass is 16.4. The Labute approximate surface area is 175 Å². The molecule has 2 heterocycles. The maximum atomic E-state index is 13.5. The largest absolute Gasteiger partial charge is 0.425 e. The summed E-state index contributed by atoms with van der Waals surface area (Å²) < 4.78 is 5.70. The van der Waals surface area contributed by atoms with Gasteiger partial charge in [0.2, 0.25) is 17.7 Å². The first-order valence-electron chi connectivity index (χ1n) is 9.80. The smallest absolute Gasteiger partial charge is 0.228 e. The summed E-state index contributed by atoms with van der Waals surface area (Å²) in [6.45, 7) is 2.18. The van der Waals surface area contributed by atoms with Gasteiger partial charge in [-0.25, -0.2) is 0 Å². The van der Waals surface area contributed by atoms with Crippen LogP contribution in [0.2, 0.25) is 0 Å². The lowest BCUT2D eigenvalue weighted by Crippen LogP contribution is -2.31. The number of pyridine rings is 1. The summed E-state index contributed by atoms with van der Waals surface area (Å²) >= 11 is 0. The first-order chi connectivity index (χ1) is 14.7. The molecule has 2 aromatic carbocycles. The van der Waals surface area contributed by atoms with Gasteiger partial charge in [-0.3, -0.25) is 9.78 Å². The van der Waals surface area contributed by atoms with E-state index in [1.165, 1.54) is 0 Å². The van der Waals surface area contributed by atoms with E-state index in [1.807, 2.05) is 72.8 Å². The molecule has 0 radical (unpaired) electrons. The lowest BCUT2D eigenvalue weighted by molar-refractivity contribution is -0.119. The van der Waals surface area contributed by atoms with Crippen LogP contribution in [0.4, 0.5) is 5.69 Å². The number of carbonyl (C=O) groups excluding carboxylic acids is 1. The van der Waals surface area contributed by atoms with E-state index in [-0.39, 0.29) is 18.2 Å². The van der Waals surface area contributed by atoms with Crippen LogP contribution in [0.15, 0.2) is 89.6 Å². The average molecular weight is 398 g/mol. The molecule has 150 valence electrons. The molecule has 0 aliphatic heterocycles. The quantitative estimate of drug-likeness (QED) is 0.457. The van der Waals surface area contributed by atoms with Crippen molar-refractivity contribution in [2.24, 2.45) is 0 Å². The van der Waals surface area contributed by atoms with Gasteiger partial charge in [-0.1, -0.05) is 54.6 Å². The second-order valence-corrected chi connectivity index (χ2v) is 7.00. The molecular weight excluding hydrogens is 376 g/mol. The van der Waals surface area contributed by atoms with Gasteiger partial charge in [-0.05, 0) is 29.3 Å². The number of aromatic nitrogens is 3. The molecule has 6 heteroatoms. The highest BCUT2D eigenvalue weighted by Gasteiger charge is 2.27. The molecule has 1 unspecified atom stereocenters. The number of amides is 1. The van der Waals surface area contributed by atoms with Crippen LogP contribution in [0.3, 0.4) is 0 Å². The van der Waals surface area contributed by atoms with Gasteiger partial charge in [0.15, 0.2) is 0 Å². The zero-order chi connectivity index (χ0) is 20.8. The van der Waals surface area contributed by atoms with E-state index in [0.717, 1.165) is 16.8 Å². The van der Waals surface area contributed by atoms with Gasteiger partial charge in [0, 0.05) is 31.4 Å². The molecule has 0 bridgehead atoms. The normalized spacial score (nSPS) is 11.8. The lowest BCUT2D eigenvalue weighted by atomic mass is 9.94. The van der Waals surface area contributed by atoms with Gasteiger partial charge in [-0.15, -0.1) is 10.2 Å². The van der Waals surface area contributed by atoms with Crippen LogP contribution < -0.4 is 4.90 Å². The van der Waals surface area contributed by atoms with Crippen LogP contribution >= 0.6 is 0 Å². The molecule has 2 aromatic heterocycles. The molecule has 6 nitrogen and oxygen atoms in total. The summed E-state index contributed by atoms with van der Waals surface area (Å²) in [6, 6.07) is 23.3. The fourth-order valence-corrected chi connectivity index (χ4v) is 3.38. The zero-order valence-electron chi connectivity index (χ0n) is 16.7. The molecule has 0 aliphatic carbocycles. The number of anilines is 1. The van der Waals surface area contributed by atoms with Gasteiger partial charge in [0.05, 0.1) is 12.5 Å². The SMILES string of the molecule is Cc1nnc(C(CC(=O)N(Cc2cccnc2)c2ccccc2)c2ccccc2)o1. The molecule has 1 atom stereocenters. The number of rotatable bonds is 7. The molecule has 30 heavy (non-hydrogen) atoms. The van der Waals surface area contributed by atoms with Gasteiger partial charge in [0.1, 0.15) is 0 Å². The first-order valence-corrected chi connectivity index (χ1v) is 9.80. The molecule has 1 amide bonds. The van der Waals surface area contributed by atoms with Crippen molar-refractivity contribution < 1.29 is 9.21 Å². The van der Waals surface area contributed by atoms with Crippen molar-refractivity contribution >= 4 is 11.6 Å². The van der Waals surface area contributed by atoms with Crippen LogP contribution in [-0.4, -0.2) is 21.1 Å². The van der Waals surface area contributed by atoms with Gasteiger partial charge >= 0.3 is 0 Å². The maximum Gasteiger partial charge on any atom is 0.228 e. The van der Waals surface area contributed by atoms with Crippen molar-refractivity contribution in [3.63, 3.8) is 0 Å². The Hall–Kier alpha value is -3.80. The highest BCUT2D eigenvalue weighted by Crippen LogP contribution is 2.29. The molecular formula is C24H22N4O2. The minimum atomic E-state index is -0.319. The van der Waals surface area contributed by atoms with Crippen molar-refractivity contribution in [1.29, 1.82) is 0 Å². The summed E-state index contributed by atoms with van der Waals surface area (Å²) in [7, 11) is 0. The van der Waals surface area contributed by atoms with Crippen LogP contribution in [0.25, 0.3) is 0 Å². The third-order valence-electron chi connectivity index (χ3n) is 4.85. The van der Waals surface area contributed by atoms with Crippen LogP contribution in [0, 0.1) is 6.92 Å². The third-order valence-corrected chi connectivity index (χ3v) is 4.85. The number of hydrogen-bond acceptors (Lipinski definition) is 5. The van der Waals surface area contributed by atoms with Crippen LogP contribution in [-0.2, 0) is 11.3 Å². The Morgan fingerprint density at radius 2 is 1.70 bits per heavy atom. The maximum absolute atomic E-state index is 13.5. The number of aryl methyl sites for hydroxylation is 1. The molecule has 0 aliphatic rings. The van der Waals surface area contributed by atoms with E-state index in [4.69, 9.17) is 4.42 Å². The lowest BCUT2D eigenvalue weighted by Gasteiger charge is -2.25. The van der Waals surface area contributed by atoms with E-state index in [1.54, 1.807) is 24.2 Å². The third kappa shape index (κ3) is 4.60. The predicted octanol–water partition coefficient (Wildman–Crippen LogP) is 4.53. The van der Waals surface area contributed by atoms with Gasteiger partial charge in [0.25, 0.3) is 0 Å². The van der Waals surface area contributed by atoms with E-state index in [0.29, 0.717) is 18.3 Å². The highest BCUT2D eigenvalue weighted by molar-refractivity contribution is 5.94. The van der Waals surface area contributed by atoms with E-state index < -0.39 is 0 Å².